The molecule has 0 saturated heterocycles. The zero-order chi connectivity index (χ0) is 10.7. The lowest BCUT2D eigenvalue weighted by Gasteiger charge is -2.24. The van der Waals surface area contributed by atoms with Gasteiger partial charge >= 0.3 is 0 Å². The highest BCUT2D eigenvalue weighted by molar-refractivity contribution is 5.84. The van der Waals surface area contributed by atoms with Crippen LogP contribution in [-0.2, 0) is 5.41 Å². The van der Waals surface area contributed by atoms with Gasteiger partial charge in [0.2, 0.25) is 0 Å². The Bertz CT molecular complexity index is 408. The van der Waals surface area contributed by atoms with E-state index in [2.05, 4.69) is 29.2 Å². The number of hydrogen-bond acceptors (Lipinski definition) is 2. The molecule has 0 atom stereocenters. The van der Waals surface area contributed by atoms with Gasteiger partial charge in [-0.3, -0.25) is 0 Å². The second kappa shape index (κ2) is 3.81. The monoisotopic (exact) mass is 198 g/mol. The molecule has 0 N–H and O–H groups in total. The van der Waals surface area contributed by atoms with Gasteiger partial charge in [-0.15, -0.1) is 13.2 Å². The van der Waals surface area contributed by atoms with Crippen molar-refractivity contribution >= 4 is 12.0 Å². The number of aromatic nitrogens is 1. The van der Waals surface area contributed by atoms with Crippen molar-refractivity contribution in [1.82, 2.24) is 4.98 Å². The van der Waals surface area contributed by atoms with Crippen molar-refractivity contribution in [3.05, 3.63) is 49.2 Å². The summed E-state index contributed by atoms with van der Waals surface area (Å²) in [5, 5.41) is 0. The predicted molar refractivity (Wildman–Crippen MR) is 63.7 cm³/mol. The van der Waals surface area contributed by atoms with Gasteiger partial charge in [-0.05, 0) is 18.9 Å². The Labute approximate surface area is 90.1 Å². The van der Waals surface area contributed by atoms with E-state index in [4.69, 9.17) is 0 Å². The summed E-state index contributed by atoms with van der Waals surface area (Å²) >= 11 is 0. The predicted octanol–water partition coefficient (Wildman–Crippen LogP) is 3.19. The molecule has 0 unspecified atom stereocenters. The van der Waals surface area contributed by atoms with Gasteiger partial charge < -0.3 is 0 Å². The minimum Gasteiger partial charge on any atom is -0.240 e. The molecule has 0 amide bonds. The molecule has 2 nitrogen and oxygen atoms in total. The zero-order valence-electron chi connectivity index (χ0n) is 8.69. The highest BCUT2D eigenvalue weighted by atomic mass is 14.9. The molecule has 2 heteroatoms. The molecule has 0 fully saturated rings. The van der Waals surface area contributed by atoms with E-state index in [-0.39, 0.29) is 5.41 Å². The molecule has 0 aliphatic carbocycles. The quantitative estimate of drug-likeness (QED) is 0.682. The molecule has 2 heterocycles. The Kier molecular flexibility index (Phi) is 2.50. The molecule has 0 spiro atoms. The van der Waals surface area contributed by atoms with Gasteiger partial charge in [-0.25, -0.2) is 9.98 Å². The van der Waals surface area contributed by atoms with Crippen molar-refractivity contribution in [2.24, 2.45) is 4.99 Å². The van der Waals surface area contributed by atoms with Crippen molar-refractivity contribution in [2.45, 2.75) is 18.3 Å². The molecule has 0 radical (unpaired) electrons. The van der Waals surface area contributed by atoms with E-state index in [1.807, 2.05) is 24.4 Å². The number of aliphatic imine (C=N–C) groups is 1. The maximum Gasteiger partial charge on any atom is 0.155 e. The average Bonchev–Trinajstić information content (AvgIpc) is 2.60. The van der Waals surface area contributed by atoms with Gasteiger partial charge in [-0.1, -0.05) is 18.2 Å². The number of fused-ring (bicyclic) bond motifs is 1. The van der Waals surface area contributed by atoms with Crippen LogP contribution in [0.25, 0.3) is 0 Å². The van der Waals surface area contributed by atoms with E-state index in [1.54, 1.807) is 6.20 Å². The summed E-state index contributed by atoms with van der Waals surface area (Å²) in [6.07, 6.45) is 9.36. The van der Waals surface area contributed by atoms with Crippen LogP contribution < -0.4 is 0 Å². The fraction of sp³-hybridized carbons (Fsp3) is 0.231. The first-order valence-corrected chi connectivity index (χ1v) is 5.05. The summed E-state index contributed by atoms with van der Waals surface area (Å²) < 4.78 is 0. The number of allylic oxidation sites excluding steroid dienone is 2. The van der Waals surface area contributed by atoms with Crippen molar-refractivity contribution in [2.75, 3.05) is 0 Å². The molecular formula is C13H14N2. The third kappa shape index (κ3) is 1.52. The molecule has 1 aromatic rings. The molecule has 0 saturated carbocycles. The van der Waals surface area contributed by atoms with Crippen LogP contribution >= 0.6 is 0 Å². The van der Waals surface area contributed by atoms with Gasteiger partial charge in [0, 0.05) is 23.4 Å². The Morgan fingerprint density at radius 2 is 2.00 bits per heavy atom. The summed E-state index contributed by atoms with van der Waals surface area (Å²) in [6, 6.07) is 4.04. The van der Waals surface area contributed by atoms with Crippen molar-refractivity contribution in [1.29, 1.82) is 0 Å². The maximum absolute atomic E-state index is 4.36. The van der Waals surface area contributed by atoms with E-state index < -0.39 is 0 Å². The first-order valence-electron chi connectivity index (χ1n) is 5.05. The Balaban J connectivity index is 2.48. The molecule has 1 aromatic heterocycles. The second-order valence-electron chi connectivity index (χ2n) is 3.77. The van der Waals surface area contributed by atoms with E-state index in [0.717, 1.165) is 18.7 Å². The first-order chi connectivity index (χ1) is 7.32. The molecule has 15 heavy (non-hydrogen) atoms. The maximum atomic E-state index is 4.36. The molecule has 76 valence electrons. The van der Waals surface area contributed by atoms with Gasteiger partial charge in [-0.2, -0.15) is 0 Å². The van der Waals surface area contributed by atoms with Crippen LogP contribution in [0.3, 0.4) is 0 Å². The minimum absolute atomic E-state index is 0.0624. The van der Waals surface area contributed by atoms with Crippen molar-refractivity contribution < 1.29 is 0 Å². The third-order valence-corrected chi connectivity index (χ3v) is 2.77. The summed E-state index contributed by atoms with van der Waals surface area (Å²) in [4.78, 5) is 8.61. The van der Waals surface area contributed by atoms with Crippen LogP contribution in [0.5, 0.6) is 0 Å². The second-order valence-corrected chi connectivity index (χ2v) is 3.77. The molecule has 2 rings (SSSR count). The Hall–Kier alpha value is -1.70. The number of nitrogens with zero attached hydrogens (tertiary/aromatic N) is 2. The number of rotatable bonds is 4. The Morgan fingerprint density at radius 3 is 2.67 bits per heavy atom. The largest absolute Gasteiger partial charge is 0.240 e. The van der Waals surface area contributed by atoms with Crippen molar-refractivity contribution in [3.63, 3.8) is 0 Å². The summed E-state index contributed by atoms with van der Waals surface area (Å²) in [5.41, 5.74) is 1.12. The smallest absolute Gasteiger partial charge is 0.155 e. The van der Waals surface area contributed by atoms with Crippen LogP contribution in [0.4, 0.5) is 5.82 Å². The van der Waals surface area contributed by atoms with Gasteiger partial charge in [0.15, 0.2) is 5.82 Å². The summed E-state index contributed by atoms with van der Waals surface area (Å²) in [5.74, 6) is 0.834. The average molecular weight is 198 g/mol. The fourth-order valence-electron chi connectivity index (χ4n) is 2.07. The zero-order valence-corrected chi connectivity index (χ0v) is 8.69. The van der Waals surface area contributed by atoms with Gasteiger partial charge in [0.1, 0.15) is 0 Å². The summed E-state index contributed by atoms with van der Waals surface area (Å²) in [6.45, 7) is 7.62. The van der Waals surface area contributed by atoms with E-state index in [9.17, 15) is 0 Å². The summed E-state index contributed by atoms with van der Waals surface area (Å²) in [7, 11) is 0. The lowest BCUT2D eigenvalue weighted by molar-refractivity contribution is 0.615. The lowest BCUT2D eigenvalue weighted by atomic mass is 9.77. The molecule has 1 aliphatic heterocycles. The molecule has 1 aliphatic rings. The number of hydrogen-bond donors (Lipinski definition) is 0. The topological polar surface area (TPSA) is 25.2 Å². The lowest BCUT2D eigenvalue weighted by Crippen LogP contribution is -2.23. The third-order valence-electron chi connectivity index (χ3n) is 2.77. The molecule has 0 aromatic carbocycles. The van der Waals surface area contributed by atoms with Gasteiger partial charge in [0.05, 0.1) is 0 Å². The number of pyridine rings is 1. The van der Waals surface area contributed by atoms with E-state index >= 15 is 0 Å². The van der Waals surface area contributed by atoms with E-state index in [1.165, 1.54) is 5.56 Å². The van der Waals surface area contributed by atoms with Gasteiger partial charge in [0.25, 0.3) is 0 Å². The highest BCUT2D eigenvalue weighted by Gasteiger charge is 2.34. The standard InChI is InChI=1S/C13H14N2/c1-3-7-13(8-4-2)10-15-12-11(13)6-5-9-14-12/h3-6,9-10H,1-2,7-8H2. The molecular weight excluding hydrogens is 184 g/mol. The van der Waals surface area contributed by atoms with E-state index in [0.29, 0.717) is 0 Å². The fourth-order valence-corrected chi connectivity index (χ4v) is 2.07. The first kappa shape index (κ1) is 9.84. The molecule has 0 bridgehead atoms. The SMILES string of the molecule is C=CCC1(CC=C)C=Nc2ncccc21. The van der Waals surface area contributed by atoms with Crippen LogP contribution in [0.15, 0.2) is 48.6 Å². The van der Waals surface area contributed by atoms with Crippen LogP contribution in [0, 0.1) is 0 Å². The van der Waals surface area contributed by atoms with Crippen LogP contribution in [0.2, 0.25) is 0 Å². The minimum atomic E-state index is -0.0624. The Morgan fingerprint density at radius 1 is 1.27 bits per heavy atom. The van der Waals surface area contributed by atoms with Crippen LogP contribution in [-0.4, -0.2) is 11.2 Å². The normalized spacial score (nSPS) is 16.0. The van der Waals surface area contributed by atoms with Crippen LogP contribution in [0.1, 0.15) is 18.4 Å². The highest BCUT2D eigenvalue weighted by Crippen LogP contribution is 2.40. The van der Waals surface area contributed by atoms with Crippen molar-refractivity contribution in [3.8, 4) is 0 Å².